The van der Waals surface area contributed by atoms with Gasteiger partial charge in [-0.05, 0) is 68.6 Å². The first kappa shape index (κ1) is 29.3. The Bertz CT molecular complexity index is 1800. The van der Waals surface area contributed by atoms with E-state index in [2.05, 4.69) is 57.0 Å². The van der Waals surface area contributed by atoms with E-state index in [1.54, 1.807) is 0 Å². The zero-order valence-electron chi connectivity index (χ0n) is 24.4. The molecule has 10 nitrogen and oxygen atoms in total. The molecule has 1 amide bonds. The first-order valence-corrected chi connectivity index (χ1v) is 17.1. The standard InChI is InChI=1S/C31H35N5O5S2/c1-4-5-26-27(29(37)35-43(39,40)23-13-14-23)32-30(42-26)36(17-20-7-8-20)19(3)21-9-11-22(12-10-21)25-16-18(2)6-15-24(25)28-33-31(38)41-34-28/h6,9-12,15-16,19-20,23H,4-5,7-8,13-14,17H2,1-3H3,(H,35,37)(H,33,34,38)/t19-/m1/s1. The van der Waals surface area contributed by atoms with E-state index in [0.29, 0.717) is 31.0 Å². The average Bonchev–Trinajstić information content (AvgIpc) is 3.92. The molecule has 0 saturated heterocycles. The highest BCUT2D eigenvalue weighted by Gasteiger charge is 2.38. The lowest BCUT2D eigenvalue weighted by molar-refractivity contribution is 0.0976. The lowest BCUT2D eigenvalue weighted by Gasteiger charge is -2.29. The minimum Gasteiger partial charge on any atom is -0.341 e. The van der Waals surface area contributed by atoms with Gasteiger partial charge in [-0.3, -0.25) is 14.3 Å². The summed E-state index contributed by atoms with van der Waals surface area (Å²) in [5.41, 5.74) is 5.06. The summed E-state index contributed by atoms with van der Waals surface area (Å²) in [5, 5.41) is 4.14. The molecule has 43 heavy (non-hydrogen) atoms. The Morgan fingerprint density at radius 1 is 1.14 bits per heavy atom. The molecule has 2 aliphatic carbocycles. The van der Waals surface area contributed by atoms with Crippen molar-refractivity contribution < 1.29 is 17.7 Å². The van der Waals surface area contributed by atoms with E-state index in [9.17, 15) is 18.0 Å². The van der Waals surface area contributed by atoms with Crippen LogP contribution in [0.3, 0.4) is 0 Å². The largest absolute Gasteiger partial charge is 0.439 e. The molecule has 12 heteroatoms. The molecule has 2 aliphatic rings. The molecule has 2 saturated carbocycles. The highest BCUT2D eigenvalue weighted by atomic mass is 32.2. The number of carbonyl (C=O) groups is 1. The van der Waals surface area contributed by atoms with E-state index in [1.165, 1.54) is 11.3 Å². The van der Waals surface area contributed by atoms with Crippen molar-refractivity contribution in [3.63, 3.8) is 0 Å². The third kappa shape index (κ3) is 6.45. The molecule has 0 bridgehead atoms. The number of benzene rings is 2. The highest BCUT2D eigenvalue weighted by molar-refractivity contribution is 7.91. The van der Waals surface area contributed by atoms with Crippen LogP contribution < -0.4 is 15.4 Å². The van der Waals surface area contributed by atoms with Crippen LogP contribution in [-0.2, 0) is 16.4 Å². The van der Waals surface area contributed by atoms with Gasteiger partial charge in [-0.15, -0.1) is 11.3 Å². The van der Waals surface area contributed by atoms with Crippen LogP contribution in [0.25, 0.3) is 22.5 Å². The number of amides is 1. The second kappa shape index (κ2) is 11.7. The van der Waals surface area contributed by atoms with Gasteiger partial charge in [0.05, 0.1) is 11.3 Å². The number of aromatic amines is 1. The van der Waals surface area contributed by atoms with E-state index in [0.717, 1.165) is 63.6 Å². The number of thiazole rings is 1. The van der Waals surface area contributed by atoms with Crippen LogP contribution in [0.5, 0.6) is 0 Å². The molecule has 2 aromatic carbocycles. The number of rotatable bonds is 12. The molecule has 0 aliphatic heterocycles. The van der Waals surface area contributed by atoms with Gasteiger partial charge in [0.15, 0.2) is 11.0 Å². The van der Waals surface area contributed by atoms with Crippen LogP contribution in [-0.4, -0.2) is 41.2 Å². The van der Waals surface area contributed by atoms with Crippen LogP contribution in [0.15, 0.2) is 51.8 Å². The number of H-pyrrole nitrogens is 1. The first-order valence-electron chi connectivity index (χ1n) is 14.7. The van der Waals surface area contributed by atoms with Crippen LogP contribution in [0, 0.1) is 12.8 Å². The Labute approximate surface area is 254 Å². The van der Waals surface area contributed by atoms with E-state index >= 15 is 0 Å². The fourth-order valence-electron chi connectivity index (χ4n) is 5.23. The summed E-state index contributed by atoms with van der Waals surface area (Å²) >= 11 is 1.48. The summed E-state index contributed by atoms with van der Waals surface area (Å²) in [4.78, 5) is 35.2. The predicted octanol–water partition coefficient (Wildman–Crippen LogP) is 5.61. The zero-order valence-corrected chi connectivity index (χ0v) is 26.1. The monoisotopic (exact) mass is 621 g/mol. The molecular weight excluding hydrogens is 587 g/mol. The van der Waals surface area contributed by atoms with Gasteiger partial charge in [0, 0.05) is 17.0 Å². The summed E-state index contributed by atoms with van der Waals surface area (Å²) in [6.07, 6.45) is 4.96. The lowest BCUT2D eigenvalue weighted by Crippen LogP contribution is -2.34. The molecular formula is C31H35N5O5S2. The highest BCUT2D eigenvalue weighted by Crippen LogP contribution is 2.39. The molecule has 2 fully saturated rings. The number of aromatic nitrogens is 3. The van der Waals surface area contributed by atoms with Crippen molar-refractivity contribution in [3.05, 3.63) is 74.7 Å². The van der Waals surface area contributed by atoms with Gasteiger partial charge in [-0.25, -0.2) is 22.9 Å². The summed E-state index contributed by atoms with van der Waals surface area (Å²) in [5.74, 6) is -0.295. The minimum atomic E-state index is -3.67. The fourth-order valence-corrected chi connectivity index (χ4v) is 7.75. The number of sulfonamides is 1. The van der Waals surface area contributed by atoms with Gasteiger partial charge in [0.2, 0.25) is 10.0 Å². The van der Waals surface area contributed by atoms with Crippen molar-refractivity contribution in [1.29, 1.82) is 0 Å². The molecule has 2 N–H and O–H groups in total. The minimum absolute atomic E-state index is 0.0368. The summed E-state index contributed by atoms with van der Waals surface area (Å²) in [7, 11) is -3.67. The second-order valence-corrected chi connectivity index (χ2v) is 14.6. The number of hydrogen-bond donors (Lipinski definition) is 2. The van der Waals surface area contributed by atoms with E-state index in [1.807, 2.05) is 26.0 Å². The maximum absolute atomic E-state index is 13.1. The number of hydrogen-bond acceptors (Lipinski definition) is 9. The second-order valence-electron chi connectivity index (χ2n) is 11.6. The van der Waals surface area contributed by atoms with E-state index in [4.69, 9.17) is 9.51 Å². The van der Waals surface area contributed by atoms with Crippen molar-refractivity contribution in [3.8, 4) is 22.5 Å². The lowest BCUT2D eigenvalue weighted by atomic mass is 9.95. The molecule has 0 radical (unpaired) electrons. The fraction of sp³-hybridized carbons (Fsp3) is 0.419. The van der Waals surface area contributed by atoms with Gasteiger partial charge in [0.1, 0.15) is 5.69 Å². The summed E-state index contributed by atoms with van der Waals surface area (Å²) < 4.78 is 32.0. The topological polar surface area (TPSA) is 138 Å². The number of anilines is 1. The maximum atomic E-state index is 13.1. The Balaban J connectivity index is 1.29. The number of nitrogens with one attached hydrogen (secondary N) is 2. The number of carbonyl (C=O) groups excluding carboxylic acids is 1. The number of nitrogens with zero attached hydrogens (tertiary/aromatic N) is 3. The van der Waals surface area contributed by atoms with Gasteiger partial charge in [-0.1, -0.05) is 66.5 Å². The molecule has 0 spiro atoms. The van der Waals surface area contributed by atoms with Crippen molar-refractivity contribution in [2.45, 2.75) is 70.6 Å². The number of aryl methyl sites for hydroxylation is 2. The maximum Gasteiger partial charge on any atom is 0.439 e. The molecule has 2 heterocycles. The van der Waals surface area contributed by atoms with Crippen molar-refractivity contribution in [2.24, 2.45) is 5.92 Å². The molecule has 4 aromatic rings. The molecule has 226 valence electrons. The van der Waals surface area contributed by atoms with Gasteiger partial charge >= 0.3 is 5.76 Å². The Morgan fingerprint density at radius 2 is 1.88 bits per heavy atom. The van der Waals surface area contributed by atoms with Crippen molar-refractivity contribution >= 4 is 32.4 Å². The third-order valence-electron chi connectivity index (χ3n) is 8.02. The van der Waals surface area contributed by atoms with Crippen molar-refractivity contribution in [2.75, 3.05) is 11.4 Å². The van der Waals surface area contributed by atoms with Crippen LogP contribution in [0.4, 0.5) is 5.13 Å². The normalized spacial score (nSPS) is 15.8. The average molecular weight is 622 g/mol. The predicted molar refractivity (Wildman–Crippen MR) is 167 cm³/mol. The zero-order chi connectivity index (χ0) is 30.3. The van der Waals surface area contributed by atoms with E-state index in [-0.39, 0.29) is 11.7 Å². The SMILES string of the molecule is CCCc1sc(N(CC2CC2)[C@H](C)c2ccc(-c3cc(C)ccc3-c3noc(=O)[nH]3)cc2)nc1C(=O)NS(=O)(=O)C1CC1. The molecule has 2 aromatic heterocycles. The van der Waals surface area contributed by atoms with E-state index < -0.39 is 26.9 Å². The van der Waals surface area contributed by atoms with Crippen LogP contribution in [0.1, 0.15) is 78.5 Å². The molecule has 0 unspecified atom stereocenters. The van der Waals surface area contributed by atoms with Gasteiger partial charge in [-0.2, -0.15) is 0 Å². The van der Waals surface area contributed by atoms with Crippen LogP contribution >= 0.6 is 11.3 Å². The Kier molecular flexibility index (Phi) is 7.99. The molecule has 1 atom stereocenters. The Hall–Kier alpha value is -3.77. The quantitative estimate of drug-likeness (QED) is 0.208. The van der Waals surface area contributed by atoms with Crippen molar-refractivity contribution in [1.82, 2.24) is 19.8 Å². The smallest absolute Gasteiger partial charge is 0.341 e. The van der Waals surface area contributed by atoms with Gasteiger partial charge < -0.3 is 4.90 Å². The first-order chi connectivity index (χ1) is 20.6. The summed E-state index contributed by atoms with van der Waals surface area (Å²) in [6.45, 7) is 6.99. The van der Waals surface area contributed by atoms with Crippen LogP contribution in [0.2, 0.25) is 0 Å². The summed E-state index contributed by atoms with van der Waals surface area (Å²) in [6, 6.07) is 14.2. The third-order valence-corrected chi connectivity index (χ3v) is 11.0. The van der Waals surface area contributed by atoms with Gasteiger partial charge in [0.25, 0.3) is 5.91 Å². The Morgan fingerprint density at radius 3 is 2.51 bits per heavy atom. The molecule has 6 rings (SSSR count).